The van der Waals surface area contributed by atoms with Gasteiger partial charge >= 0.3 is 6.03 Å². The molecule has 0 saturated carbocycles. The maximum atomic E-state index is 12.9. The van der Waals surface area contributed by atoms with Gasteiger partial charge in [-0.2, -0.15) is 0 Å². The van der Waals surface area contributed by atoms with Gasteiger partial charge in [-0.25, -0.2) is 4.79 Å². The number of imide groups is 1. The van der Waals surface area contributed by atoms with E-state index in [1.807, 2.05) is 6.07 Å². The Bertz CT molecular complexity index is 1260. The Morgan fingerprint density at radius 1 is 0.939 bits per heavy atom. The predicted octanol–water partition coefficient (Wildman–Crippen LogP) is 7.08. The molecule has 3 amide bonds. The molecule has 0 atom stereocenters. The van der Waals surface area contributed by atoms with E-state index in [-0.39, 0.29) is 18.8 Å². The first-order valence-corrected chi connectivity index (χ1v) is 11.7. The molecular formula is C24H16BrCl3N2O3. The van der Waals surface area contributed by atoms with E-state index in [0.29, 0.717) is 26.4 Å². The highest BCUT2D eigenvalue weighted by atomic mass is 79.9. The largest absolute Gasteiger partial charge is 0.488 e. The molecule has 1 N–H and O–H groups in total. The summed E-state index contributed by atoms with van der Waals surface area (Å²) in [5, 5.41) is 4.25. The Morgan fingerprint density at radius 2 is 1.67 bits per heavy atom. The van der Waals surface area contributed by atoms with E-state index in [9.17, 15) is 9.59 Å². The van der Waals surface area contributed by atoms with Gasteiger partial charge in [0.05, 0.1) is 6.54 Å². The van der Waals surface area contributed by atoms with E-state index < -0.39 is 11.9 Å². The lowest BCUT2D eigenvalue weighted by Gasteiger charge is -2.12. The number of hydrogen-bond donors (Lipinski definition) is 1. The van der Waals surface area contributed by atoms with E-state index in [1.165, 1.54) is 0 Å². The maximum absolute atomic E-state index is 12.9. The van der Waals surface area contributed by atoms with E-state index in [4.69, 9.17) is 39.5 Å². The molecule has 5 nitrogen and oxygen atoms in total. The van der Waals surface area contributed by atoms with Crippen molar-refractivity contribution in [3.63, 3.8) is 0 Å². The van der Waals surface area contributed by atoms with Crippen molar-refractivity contribution in [2.75, 3.05) is 0 Å². The first-order valence-electron chi connectivity index (χ1n) is 9.75. The number of benzene rings is 3. The second-order valence-electron chi connectivity index (χ2n) is 7.21. The van der Waals surface area contributed by atoms with Crippen molar-refractivity contribution in [3.05, 3.63) is 103 Å². The van der Waals surface area contributed by atoms with Crippen molar-refractivity contribution in [2.24, 2.45) is 0 Å². The van der Waals surface area contributed by atoms with Gasteiger partial charge in [0.2, 0.25) is 0 Å². The summed E-state index contributed by atoms with van der Waals surface area (Å²) >= 11 is 21.5. The van der Waals surface area contributed by atoms with Gasteiger partial charge in [0, 0.05) is 30.7 Å². The number of amides is 3. The molecule has 0 radical (unpaired) electrons. The van der Waals surface area contributed by atoms with E-state index in [2.05, 4.69) is 21.2 Å². The first-order chi connectivity index (χ1) is 15.8. The molecule has 4 rings (SSSR count). The van der Waals surface area contributed by atoms with Crippen LogP contribution in [0.2, 0.25) is 15.1 Å². The fraction of sp³-hybridized carbons (Fsp3) is 0.0833. The summed E-state index contributed by atoms with van der Waals surface area (Å²) < 4.78 is 6.75. The summed E-state index contributed by atoms with van der Waals surface area (Å²) in [5.41, 5.74) is 2.32. The Hall–Kier alpha value is -2.51. The Kier molecular flexibility index (Phi) is 7.29. The molecule has 0 aromatic heterocycles. The van der Waals surface area contributed by atoms with Crippen LogP contribution in [0.25, 0.3) is 6.08 Å². The van der Waals surface area contributed by atoms with Crippen molar-refractivity contribution in [1.29, 1.82) is 0 Å². The lowest BCUT2D eigenvalue weighted by molar-refractivity contribution is -0.123. The molecule has 3 aromatic carbocycles. The molecule has 1 saturated heterocycles. The van der Waals surface area contributed by atoms with Gasteiger partial charge in [-0.05, 0) is 54.1 Å². The minimum absolute atomic E-state index is 0.135. The number of halogens is 4. The van der Waals surface area contributed by atoms with Gasteiger partial charge < -0.3 is 10.1 Å². The molecule has 0 aliphatic carbocycles. The number of rotatable bonds is 6. The van der Waals surface area contributed by atoms with Crippen molar-refractivity contribution in [1.82, 2.24) is 10.2 Å². The second kappa shape index (κ2) is 10.2. The van der Waals surface area contributed by atoms with Crippen LogP contribution in [-0.4, -0.2) is 16.8 Å². The number of urea groups is 1. The number of carbonyl (C=O) groups is 2. The van der Waals surface area contributed by atoms with Crippen LogP contribution in [0.5, 0.6) is 5.75 Å². The average molecular weight is 567 g/mol. The zero-order valence-corrected chi connectivity index (χ0v) is 20.8. The zero-order chi connectivity index (χ0) is 23.5. The van der Waals surface area contributed by atoms with Crippen LogP contribution >= 0.6 is 50.7 Å². The van der Waals surface area contributed by atoms with Crippen LogP contribution in [-0.2, 0) is 17.9 Å². The molecule has 3 aromatic rings. The highest BCUT2D eigenvalue weighted by Gasteiger charge is 2.33. The van der Waals surface area contributed by atoms with Crippen LogP contribution < -0.4 is 10.1 Å². The van der Waals surface area contributed by atoms with Crippen LogP contribution in [0.3, 0.4) is 0 Å². The molecule has 1 aliphatic rings. The third-order valence-electron chi connectivity index (χ3n) is 4.89. The molecule has 0 unspecified atom stereocenters. The summed E-state index contributed by atoms with van der Waals surface area (Å²) in [4.78, 5) is 26.5. The summed E-state index contributed by atoms with van der Waals surface area (Å²) in [6.45, 7) is 0.340. The lowest BCUT2D eigenvalue weighted by atomic mass is 10.1. The van der Waals surface area contributed by atoms with Crippen molar-refractivity contribution in [3.8, 4) is 5.75 Å². The molecular weight excluding hydrogens is 551 g/mol. The second-order valence-corrected chi connectivity index (χ2v) is 9.41. The lowest BCUT2D eigenvalue weighted by Crippen LogP contribution is -2.30. The number of hydrogen-bond acceptors (Lipinski definition) is 3. The summed E-state index contributed by atoms with van der Waals surface area (Å²) in [6.07, 6.45) is 1.59. The van der Waals surface area contributed by atoms with Gasteiger partial charge in [-0.3, -0.25) is 9.69 Å². The number of carbonyl (C=O) groups excluding carboxylic acids is 2. The van der Waals surface area contributed by atoms with E-state index in [1.54, 1.807) is 60.7 Å². The third kappa shape index (κ3) is 5.71. The van der Waals surface area contributed by atoms with Gasteiger partial charge in [0.1, 0.15) is 18.1 Å². The molecule has 0 spiro atoms. The Labute approximate surface area is 214 Å². The maximum Gasteiger partial charge on any atom is 0.329 e. The first kappa shape index (κ1) is 23.6. The molecule has 1 aliphatic heterocycles. The van der Waals surface area contributed by atoms with E-state index in [0.717, 1.165) is 20.5 Å². The van der Waals surface area contributed by atoms with Gasteiger partial charge in [-0.15, -0.1) is 0 Å². The summed E-state index contributed by atoms with van der Waals surface area (Å²) in [6, 6.07) is 17.0. The fourth-order valence-electron chi connectivity index (χ4n) is 3.20. The zero-order valence-electron chi connectivity index (χ0n) is 16.9. The smallest absolute Gasteiger partial charge is 0.329 e. The van der Waals surface area contributed by atoms with Crippen LogP contribution in [0.4, 0.5) is 4.79 Å². The minimum Gasteiger partial charge on any atom is -0.488 e. The third-order valence-corrected chi connectivity index (χ3v) is 6.22. The summed E-state index contributed by atoms with van der Waals surface area (Å²) in [7, 11) is 0. The topological polar surface area (TPSA) is 58.6 Å². The SMILES string of the molecule is O=C1N/C(=C\c2cc(Br)ccc2OCc2ccc(Cl)cc2Cl)C(=O)N1Cc1ccc(Cl)cc1. The molecule has 33 heavy (non-hydrogen) atoms. The molecule has 0 bridgehead atoms. The molecule has 9 heteroatoms. The van der Waals surface area contributed by atoms with Crippen LogP contribution in [0.15, 0.2) is 70.8 Å². The molecule has 1 heterocycles. The van der Waals surface area contributed by atoms with Gasteiger partial charge in [0.15, 0.2) is 0 Å². The van der Waals surface area contributed by atoms with Crippen molar-refractivity contribution in [2.45, 2.75) is 13.2 Å². The number of ether oxygens (including phenoxy) is 1. The Morgan fingerprint density at radius 3 is 2.39 bits per heavy atom. The number of nitrogens with one attached hydrogen (secondary N) is 1. The fourth-order valence-corrected chi connectivity index (χ4v) is 4.17. The van der Waals surface area contributed by atoms with Crippen LogP contribution in [0.1, 0.15) is 16.7 Å². The van der Waals surface area contributed by atoms with E-state index >= 15 is 0 Å². The molecule has 1 fully saturated rings. The summed E-state index contributed by atoms with van der Waals surface area (Å²) in [5.74, 6) is 0.0940. The average Bonchev–Trinajstić information content (AvgIpc) is 3.03. The normalized spacial score (nSPS) is 14.7. The predicted molar refractivity (Wildman–Crippen MR) is 133 cm³/mol. The van der Waals surface area contributed by atoms with Gasteiger partial charge in [-0.1, -0.05) is 68.9 Å². The van der Waals surface area contributed by atoms with Crippen molar-refractivity contribution < 1.29 is 14.3 Å². The molecule has 168 valence electrons. The quantitative estimate of drug-likeness (QED) is 0.256. The highest BCUT2D eigenvalue weighted by molar-refractivity contribution is 9.10. The standard InChI is InChI=1S/C24H16BrCl3N2O3/c25-17-4-8-22(33-13-15-3-7-19(27)11-20(15)28)16(9-17)10-21-23(31)30(24(32)29-21)12-14-1-5-18(26)6-2-14/h1-11H,12-13H2,(H,29,32)/b21-10-. The highest BCUT2D eigenvalue weighted by Crippen LogP contribution is 2.29. The minimum atomic E-state index is -0.494. The monoisotopic (exact) mass is 564 g/mol. The number of nitrogens with zero attached hydrogens (tertiary/aromatic N) is 1. The van der Waals surface area contributed by atoms with Crippen LogP contribution in [0, 0.1) is 0 Å². The van der Waals surface area contributed by atoms with Gasteiger partial charge in [0.25, 0.3) is 5.91 Å². The van der Waals surface area contributed by atoms with Crippen molar-refractivity contribution >= 4 is 68.7 Å². The Balaban J connectivity index is 1.55.